The van der Waals surface area contributed by atoms with Crippen molar-refractivity contribution in [2.75, 3.05) is 5.75 Å². The zero-order valence-corrected chi connectivity index (χ0v) is 15.7. The van der Waals surface area contributed by atoms with Crippen LogP contribution in [0.5, 0.6) is 0 Å². The molecule has 3 N–H and O–H groups in total. The number of fused-ring (bicyclic) bond motifs is 1. The van der Waals surface area contributed by atoms with Crippen molar-refractivity contribution in [3.8, 4) is 11.5 Å². The van der Waals surface area contributed by atoms with Gasteiger partial charge in [-0.2, -0.15) is 13.2 Å². The fraction of sp³-hybridized carbons (Fsp3) is 0.188. The van der Waals surface area contributed by atoms with Crippen LogP contribution in [0.3, 0.4) is 0 Å². The van der Waals surface area contributed by atoms with E-state index in [4.69, 9.17) is 5.73 Å². The van der Waals surface area contributed by atoms with Gasteiger partial charge in [0.25, 0.3) is 0 Å². The average molecular weight is 425 g/mol. The molecule has 13 heteroatoms. The molecule has 3 aromatic rings. The first kappa shape index (κ1) is 20.4. The lowest BCUT2D eigenvalue weighted by molar-refractivity contribution is -0.137. The summed E-state index contributed by atoms with van der Waals surface area (Å²) in [6, 6.07) is 3.49. The molecule has 0 aromatic carbocycles. The van der Waals surface area contributed by atoms with Crippen molar-refractivity contribution in [3.05, 3.63) is 30.0 Å². The Balaban J connectivity index is 2.20. The molecule has 0 saturated carbocycles. The summed E-state index contributed by atoms with van der Waals surface area (Å²) in [5, 5.41) is 0. The van der Waals surface area contributed by atoms with Crippen LogP contribution in [0.1, 0.15) is 12.5 Å². The number of nitrogens with two attached hydrogens (primary N) is 1. The van der Waals surface area contributed by atoms with Crippen LogP contribution in [0.15, 0.2) is 39.3 Å². The summed E-state index contributed by atoms with van der Waals surface area (Å²) < 4.78 is 63.6. The Morgan fingerprint density at radius 1 is 1.28 bits per heavy atom. The summed E-state index contributed by atoms with van der Waals surface area (Å²) in [5.74, 6) is -0.165. The molecule has 0 spiro atoms. The predicted octanol–water partition coefficient (Wildman–Crippen LogP) is 2.48. The predicted molar refractivity (Wildman–Crippen MR) is 101 cm³/mol. The number of imidazole rings is 1. The van der Waals surface area contributed by atoms with Gasteiger partial charge in [0.2, 0.25) is 0 Å². The van der Waals surface area contributed by atoms with Crippen LogP contribution in [0.4, 0.5) is 19.0 Å². The first-order chi connectivity index (χ1) is 13.7. The highest BCUT2D eigenvalue weighted by Crippen LogP contribution is 2.32. The van der Waals surface area contributed by atoms with Crippen LogP contribution < -0.4 is 5.73 Å². The van der Waals surface area contributed by atoms with Crippen molar-refractivity contribution in [1.29, 1.82) is 0 Å². The van der Waals surface area contributed by atoms with E-state index in [-0.39, 0.29) is 39.1 Å². The van der Waals surface area contributed by atoms with Gasteiger partial charge in [0, 0.05) is 6.20 Å². The third-order valence-electron chi connectivity index (χ3n) is 3.79. The molecule has 0 atom stereocenters. The number of aliphatic imine (C=N–C) groups is 2. The van der Waals surface area contributed by atoms with Gasteiger partial charge in [-0.3, -0.25) is 0 Å². The molecule has 152 valence electrons. The van der Waals surface area contributed by atoms with Crippen LogP contribution in [0.25, 0.3) is 22.7 Å². The Kier molecular flexibility index (Phi) is 5.33. The van der Waals surface area contributed by atoms with Gasteiger partial charge in [-0.05, 0) is 18.2 Å². The highest BCUT2D eigenvalue weighted by Gasteiger charge is 2.31. The van der Waals surface area contributed by atoms with Gasteiger partial charge in [-0.25, -0.2) is 33.4 Å². The molecule has 0 radical (unpaired) electrons. The van der Waals surface area contributed by atoms with E-state index in [1.807, 2.05) is 0 Å². The molecular formula is C16H14F3N7O2S. The minimum absolute atomic E-state index is 0.0156. The van der Waals surface area contributed by atoms with E-state index in [0.29, 0.717) is 6.20 Å². The number of nitrogens with one attached hydrogen (secondary N) is 1. The smallest absolute Gasteiger partial charge is 0.390 e. The normalized spacial score (nSPS) is 13.1. The van der Waals surface area contributed by atoms with Gasteiger partial charge >= 0.3 is 6.18 Å². The van der Waals surface area contributed by atoms with E-state index in [1.165, 1.54) is 19.1 Å². The molecule has 0 aliphatic heterocycles. The summed E-state index contributed by atoms with van der Waals surface area (Å²) in [5.41, 5.74) is 4.02. The van der Waals surface area contributed by atoms with Gasteiger partial charge in [-0.1, -0.05) is 6.92 Å². The molecule has 0 amide bonds. The van der Waals surface area contributed by atoms with E-state index < -0.39 is 21.6 Å². The number of nitrogens with zero attached hydrogens (tertiary/aromatic N) is 5. The zero-order chi connectivity index (χ0) is 21.2. The highest BCUT2D eigenvalue weighted by molar-refractivity contribution is 7.91. The summed E-state index contributed by atoms with van der Waals surface area (Å²) in [6.45, 7) is 1.46. The van der Waals surface area contributed by atoms with Crippen molar-refractivity contribution in [2.45, 2.75) is 18.0 Å². The molecule has 0 aliphatic rings. The lowest BCUT2D eigenvalue weighted by Crippen LogP contribution is -2.07. The first-order valence-corrected chi connectivity index (χ1v) is 9.74. The van der Waals surface area contributed by atoms with Crippen LogP contribution in [-0.4, -0.2) is 46.8 Å². The lowest BCUT2D eigenvalue weighted by Gasteiger charge is -2.07. The van der Waals surface area contributed by atoms with Gasteiger partial charge in [0.05, 0.1) is 28.1 Å². The molecule has 9 nitrogen and oxygen atoms in total. The molecule has 0 unspecified atom stereocenters. The molecule has 3 aromatic heterocycles. The number of aromatic nitrogens is 4. The van der Waals surface area contributed by atoms with E-state index in [2.05, 4.69) is 29.9 Å². The second kappa shape index (κ2) is 7.58. The number of sulfone groups is 1. The minimum atomic E-state index is -4.58. The summed E-state index contributed by atoms with van der Waals surface area (Å²) in [4.78, 5) is 22.0. The fourth-order valence-corrected chi connectivity index (χ4v) is 3.41. The van der Waals surface area contributed by atoms with Crippen molar-refractivity contribution >= 4 is 39.5 Å². The molecule has 29 heavy (non-hydrogen) atoms. The second-order valence-electron chi connectivity index (χ2n) is 5.64. The van der Waals surface area contributed by atoms with Crippen molar-refractivity contribution in [1.82, 2.24) is 19.9 Å². The molecular weight excluding hydrogens is 411 g/mol. The topological polar surface area (TPSA) is 139 Å². The lowest BCUT2D eigenvalue weighted by atomic mass is 10.2. The Morgan fingerprint density at radius 3 is 2.69 bits per heavy atom. The third-order valence-corrected chi connectivity index (χ3v) is 5.55. The van der Waals surface area contributed by atoms with E-state index in [9.17, 15) is 21.6 Å². The molecule has 3 heterocycles. The third kappa shape index (κ3) is 4.23. The first-order valence-electron chi connectivity index (χ1n) is 8.08. The van der Waals surface area contributed by atoms with Gasteiger partial charge in [0.1, 0.15) is 12.0 Å². The minimum Gasteiger partial charge on any atom is -0.390 e. The van der Waals surface area contributed by atoms with Crippen molar-refractivity contribution in [3.63, 3.8) is 0 Å². The number of aromatic amines is 1. The van der Waals surface area contributed by atoms with Crippen LogP contribution in [-0.2, 0) is 16.0 Å². The monoisotopic (exact) mass is 425 g/mol. The number of hydrogen-bond donors (Lipinski definition) is 2. The van der Waals surface area contributed by atoms with Gasteiger partial charge in [0.15, 0.2) is 27.1 Å². The van der Waals surface area contributed by atoms with Crippen LogP contribution in [0.2, 0.25) is 0 Å². The van der Waals surface area contributed by atoms with Crippen LogP contribution >= 0.6 is 0 Å². The average Bonchev–Trinajstić information content (AvgIpc) is 3.10. The number of rotatable bonds is 5. The van der Waals surface area contributed by atoms with E-state index >= 15 is 0 Å². The van der Waals surface area contributed by atoms with Gasteiger partial charge in [-0.15, -0.1) is 0 Å². The quantitative estimate of drug-likeness (QED) is 0.475. The van der Waals surface area contributed by atoms with E-state index in [0.717, 1.165) is 18.7 Å². The largest absolute Gasteiger partial charge is 0.417 e. The Bertz CT molecular complexity index is 1220. The molecule has 0 fully saturated rings. The number of pyridine rings is 2. The Morgan fingerprint density at radius 2 is 2.03 bits per heavy atom. The maximum absolute atomic E-state index is 12.9. The van der Waals surface area contributed by atoms with Crippen molar-refractivity contribution in [2.24, 2.45) is 15.7 Å². The second-order valence-corrected chi connectivity index (χ2v) is 7.89. The number of halogens is 3. The van der Waals surface area contributed by atoms with E-state index in [1.54, 1.807) is 0 Å². The summed E-state index contributed by atoms with van der Waals surface area (Å²) >= 11 is 0. The number of hydrogen-bond acceptors (Lipinski definition) is 6. The number of H-pyrrole nitrogens is 1. The SMILES string of the molecule is CCS(=O)(=O)c1ccc(N=CN=CN)nc1-c1nc2ncc(C(F)(F)F)cc2[nH]1. The molecule has 0 saturated heterocycles. The summed E-state index contributed by atoms with van der Waals surface area (Å²) in [6.07, 6.45) is -1.82. The summed E-state index contributed by atoms with van der Waals surface area (Å²) in [7, 11) is -3.71. The zero-order valence-electron chi connectivity index (χ0n) is 14.8. The maximum Gasteiger partial charge on any atom is 0.417 e. The number of alkyl halides is 3. The standard InChI is InChI=1S/C16H14F3N7O2S/c1-2-29(27,28)11-3-4-12(23-8-21-7-20)25-13(11)15-24-10-5-9(16(17,18)19)6-22-14(10)26-15/h3-8H,2H2,1H3,(H,22,24,26)(H2,20,21,23,25). The Hall–Kier alpha value is -3.35. The van der Waals surface area contributed by atoms with Crippen LogP contribution in [0, 0.1) is 0 Å². The molecule has 3 rings (SSSR count). The highest BCUT2D eigenvalue weighted by atomic mass is 32.2. The maximum atomic E-state index is 12.9. The molecule has 0 aliphatic carbocycles. The van der Waals surface area contributed by atoms with Gasteiger partial charge < -0.3 is 10.7 Å². The Labute approximate surface area is 162 Å². The molecule has 0 bridgehead atoms. The van der Waals surface area contributed by atoms with Crippen molar-refractivity contribution < 1.29 is 21.6 Å². The fourth-order valence-electron chi connectivity index (χ4n) is 2.38.